The molecule has 0 bridgehead atoms. The van der Waals surface area contributed by atoms with Crippen molar-refractivity contribution in [2.24, 2.45) is 0 Å². The normalized spacial score (nSPS) is 16.5. The Hall–Kier alpha value is -3.07. The molecule has 0 radical (unpaired) electrons. The van der Waals surface area contributed by atoms with E-state index in [1.54, 1.807) is 6.20 Å². The Kier molecular flexibility index (Phi) is 7.49. The van der Waals surface area contributed by atoms with Crippen molar-refractivity contribution in [2.75, 3.05) is 31.6 Å². The molecule has 0 spiro atoms. The second-order valence-electron chi connectivity index (χ2n) is 8.20. The molecule has 8 heteroatoms. The predicted molar refractivity (Wildman–Crippen MR) is 127 cm³/mol. The molecule has 0 saturated carbocycles. The van der Waals surface area contributed by atoms with Gasteiger partial charge >= 0.3 is 0 Å². The van der Waals surface area contributed by atoms with Crippen molar-refractivity contribution >= 4 is 11.6 Å². The van der Waals surface area contributed by atoms with Crippen molar-refractivity contribution in [1.29, 1.82) is 0 Å². The Morgan fingerprint density at radius 2 is 1.97 bits per heavy atom. The highest BCUT2D eigenvalue weighted by Crippen LogP contribution is 2.25. The molecule has 3 aromatic rings. The van der Waals surface area contributed by atoms with E-state index >= 15 is 0 Å². The molecule has 0 aliphatic carbocycles. The summed E-state index contributed by atoms with van der Waals surface area (Å²) in [5.74, 6) is 1.31. The molecular formula is C25H31N5O3. The number of nitrogens with zero attached hydrogens (tertiary/aromatic N) is 4. The molecular weight excluding hydrogens is 418 g/mol. The van der Waals surface area contributed by atoms with Crippen LogP contribution in [-0.2, 0) is 17.9 Å². The van der Waals surface area contributed by atoms with Crippen molar-refractivity contribution in [3.8, 4) is 5.75 Å². The third-order valence-electron chi connectivity index (χ3n) is 5.51. The summed E-state index contributed by atoms with van der Waals surface area (Å²) in [5.41, 5.74) is 5.53. The fourth-order valence-electron chi connectivity index (χ4n) is 4.01. The second kappa shape index (κ2) is 10.7. The standard InChI is InChI=1S/C25H31N5O3/c1-4-32-23-8-5-19(12-20(23)16-31)14-30-9-10-33-24(15-30)22-7-6-21(13-26-22)29-25-27-17(2)11-18(3)28-25/h5-8,11-13,24,31H,4,9-10,14-16H2,1-3H3,(H,27,28,29). The van der Waals surface area contributed by atoms with E-state index in [2.05, 4.69) is 31.2 Å². The summed E-state index contributed by atoms with van der Waals surface area (Å²) in [7, 11) is 0. The van der Waals surface area contributed by atoms with Gasteiger partial charge in [-0.3, -0.25) is 9.88 Å². The highest BCUT2D eigenvalue weighted by molar-refractivity contribution is 5.52. The van der Waals surface area contributed by atoms with Gasteiger partial charge in [0.1, 0.15) is 11.9 Å². The maximum Gasteiger partial charge on any atom is 0.227 e. The van der Waals surface area contributed by atoms with Gasteiger partial charge in [-0.15, -0.1) is 0 Å². The lowest BCUT2D eigenvalue weighted by atomic mass is 10.1. The third-order valence-corrected chi connectivity index (χ3v) is 5.51. The van der Waals surface area contributed by atoms with E-state index in [1.807, 2.05) is 51.1 Å². The number of benzene rings is 1. The van der Waals surface area contributed by atoms with Crippen LogP contribution in [0.3, 0.4) is 0 Å². The molecule has 33 heavy (non-hydrogen) atoms. The number of aryl methyl sites for hydroxylation is 2. The van der Waals surface area contributed by atoms with Crippen molar-refractivity contribution in [1.82, 2.24) is 19.9 Å². The highest BCUT2D eigenvalue weighted by Gasteiger charge is 2.23. The van der Waals surface area contributed by atoms with Crippen LogP contribution in [-0.4, -0.2) is 51.3 Å². The first-order valence-corrected chi connectivity index (χ1v) is 11.3. The van der Waals surface area contributed by atoms with Gasteiger partial charge in [0.05, 0.1) is 37.4 Å². The Morgan fingerprint density at radius 3 is 2.67 bits per heavy atom. The van der Waals surface area contributed by atoms with E-state index in [1.165, 1.54) is 0 Å². The quantitative estimate of drug-likeness (QED) is 0.538. The second-order valence-corrected chi connectivity index (χ2v) is 8.20. The number of hydrogen-bond donors (Lipinski definition) is 2. The highest BCUT2D eigenvalue weighted by atomic mass is 16.5. The van der Waals surface area contributed by atoms with Crippen LogP contribution in [0.15, 0.2) is 42.6 Å². The molecule has 1 atom stereocenters. The summed E-state index contributed by atoms with van der Waals surface area (Å²) >= 11 is 0. The van der Waals surface area contributed by atoms with Gasteiger partial charge in [0.2, 0.25) is 5.95 Å². The van der Waals surface area contributed by atoms with E-state index in [-0.39, 0.29) is 12.7 Å². The summed E-state index contributed by atoms with van der Waals surface area (Å²) in [5, 5.41) is 12.9. The lowest BCUT2D eigenvalue weighted by Gasteiger charge is -2.32. The fraction of sp³-hybridized carbons (Fsp3) is 0.400. The van der Waals surface area contributed by atoms with Crippen LogP contribution < -0.4 is 10.1 Å². The van der Waals surface area contributed by atoms with Gasteiger partial charge < -0.3 is 19.9 Å². The molecule has 8 nitrogen and oxygen atoms in total. The van der Waals surface area contributed by atoms with Crippen LogP contribution in [0.1, 0.15) is 41.2 Å². The summed E-state index contributed by atoms with van der Waals surface area (Å²) in [6, 6.07) is 11.9. The van der Waals surface area contributed by atoms with Gasteiger partial charge in [-0.1, -0.05) is 6.07 Å². The topological polar surface area (TPSA) is 92.6 Å². The van der Waals surface area contributed by atoms with Gasteiger partial charge in [-0.05, 0) is 56.7 Å². The fourth-order valence-corrected chi connectivity index (χ4v) is 4.01. The molecule has 0 amide bonds. The Labute approximate surface area is 194 Å². The number of pyridine rings is 1. The van der Waals surface area contributed by atoms with Crippen molar-refractivity contribution in [3.63, 3.8) is 0 Å². The molecule has 1 aliphatic heterocycles. The van der Waals surface area contributed by atoms with Crippen LogP contribution in [0.4, 0.5) is 11.6 Å². The predicted octanol–water partition coefficient (Wildman–Crippen LogP) is 3.70. The summed E-state index contributed by atoms with van der Waals surface area (Å²) in [6.07, 6.45) is 1.70. The monoisotopic (exact) mass is 449 g/mol. The Balaban J connectivity index is 1.39. The summed E-state index contributed by atoms with van der Waals surface area (Å²) in [6.45, 7) is 9.41. The number of morpholine rings is 1. The van der Waals surface area contributed by atoms with Crippen LogP contribution >= 0.6 is 0 Å². The largest absolute Gasteiger partial charge is 0.494 e. The molecule has 1 fully saturated rings. The average Bonchev–Trinajstić information content (AvgIpc) is 2.80. The molecule has 1 aliphatic rings. The number of nitrogens with one attached hydrogen (secondary N) is 1. The lowest BCUT2D eigenvalue weighted by molar-refractivity contribution is -0.0349. The average molecular weight is 450 g/mol. The van der Waals surface area contributed by atoms with Gasteiger partial charge in [0, 0.05) is 36.6 Å². The maximum atomic E-state index is 9.67. The number of aromatic nitrogens is 3. The molecule has 2 N–H and O–H groups in total. The van der Waals surface area contributed by atoms with E-state index in [0.29, 0.717) is 19.2 Å². The Morgan fingerprint density at radius 1 is 1.15 bits per heavy atom. The molecule has 4 rings (SSSR count). The number of ether oxygens (including phenoxy) is 2. The molecule has 174 valence electrons. The van der Waals surface area contributed by atoms with Crippen molar-refractivity contribution in [2.45, 2.75) is 40.0 Å². The van der Waals surface area contributed by atoms with E-state index < -0.39 is 0 Å². The van der Waals surface area contributed by atoms with Crippen molar-refractivity contribution < 1.29 is 14.6 Å². The van der Waals surface area contributed by atoms with Crippen LogP contribution in [0.5, 0.6) is 5.75 Å². The smallest absolute Gasteiger partial charge is 0.227 e. The Bertz CT molecular complexity index is 1050. The minimum atomic E-state index is -0.0923. The SMILES string of the molecule is CCOc1ccc(CN2CCOC(c3ccc(Nc4nc(C)cc(C)n4)cn3)C2)cc1CO. The molecule has 1 saturated heterocycles. The van der Waals surface area contributed by atoms with E-state index in [4.69, 9.17) is 9.47 Å². The summed E-state index contributed by atoms with van der Waals surface area (Å²) in [4.78, 5) is 15.8. The number of anilines is 2. The number of rotatable bonds is 8. The molecule has 3 heterocycles. The lowest BCUT2D eigenvalue weighted by Crippen LogP contribution is -2.38. The van der Waals surface area contributed by atoms with Crippen LogP contribution in [0.25, 0.3) is 0 Å². The first-order valence-electron chi connectivity index (χ1n) is 11.3. The molecule has 1 unspecified atom stereocenters. The van der Waals surface area contributed by atoms with Gasteiger partial charge in [0.15, 0.2) is 0 Å². The van der Waals surface area contributed by atoms with Gasteiger partial charge in [-0.2, -0.15) is 0 Å². The minimum Gasteiger partial charge on any atom is -0.494 e. The van der Waals surface area contributed by atoms with Crippen molar-refractivity contribution in [3.05, 3.63) is 70.8 Å². The summed E-state index contributed by atoms with van der Waals surface area (Å²) < 4.78 is 11.6. The van der Waals surface area contributed by atoms with Crippen LogP contribution in [0, 0.1) is 13.8 Å². The van der Waals surface area contributed by atoms with Gasteiger partial charge in [0.25, 0.3) is 0 Å². The number of aliphatic hydroxyl groups is 1. The van der Waals surface area contributed by atoms with E-state index in [0.717, 1.165) is 59.3 Å². The molecule has 1 aromatic carbocycles. The zero-order valence-electron chi connectivity index (χ0n) is 19.4. The van der Waals surface area contributed by atoms with E-state index in [9.17, 15) is 5.11 Å². The number of hydrogen-bond acceptors (Lipinski definition) is 8. The third kappa shape index (κ3) is 6.04. The first kappa shape index (κ1) is 23.1. The molecule has 2 aromatic heterocycles. The van der Waals surface area contributed by atoms with Gasteiger partial charge in [-0.25, -0.2) is 9.97 Å². The first-order chi connectivity index (χ1) is 16.0. The van der Waals surface area contributed by atoms with Crippen LogP contribution in [0.2, 0.25) is 0 Å². The minimum absolute atomic E-state index is 0.0353. The zero-order chi connectivity index (χ0) is 23.2. The zero-order valence-corrected chi connectivity index (χ0v) is 19.4. The number of aliphatic hydroxyl groups excluding tert-OH is 1. The maximum absolute atomic E-state index is 9.67.